The van der Waals surface area contributed by atoms with E-state index in [1.165, 1.54) is 21.2 Å². The van der Waals surface area contributed by atoms with E-state index in [1.807, 2.05) is 72.8 Å². The summed E-state index contributed by atoms with van der Waals surface area (Å²) in [6, 6.07) is 41.1. The van der Waals surface area contributed by atoms with E-state index in [9.17, 15) is 25.9 Å². The molecule has 0 heterocycles. The first-order valence-corrected chi connectivity index (χ1v) is 24.2. The second kappa shape index (κ2) is 28.6. The Morgan fingerprint density at radius 1 is 0.468 bits per heavy atom. The Morgan fingerprint density at radius 2 is 0.681 bits per heavy atom. The maximum Gasteiger partial charge on any atom is 1.00 e. The van der Waals surface area contributed by atoms with Gasteiger partial charge in [-0.3, -0.25) is 0 Å². The molecule has 0 radical (unpaired) electrons. The Labute approximate surface area is 384 Å². The smallest absolute Gasteiger partial charge is 1.00 e. The van der Waals surface area contributed by atoms with Gasteiger partial charge in [0.1, 0.15) is 0 Å². The van der Waals surface area contributed by atoms with Crippen molar-refractivity contribution in [3.63, 3.8) is 0 Å². The fourth-order valence-electron chi connectivity index (χ4n) is 4.34. The molecule has 0 aromatic heterocycles. The third-order valence-corrected chi connectivity index (χ3v) is 13.1. The Balaban J connectivity index is 0.000000799. The van der Waals surface area contributed by atoms with Crippen LogP contribution < -0.4 is 124 Å². The van der Waals surface area contributed by atoms with E-state index < -0.39 is 36.1 Å². The van der Waals surface area contributed by atoms with E-state index in [0.29, 0.717) is 12.8 Å². The number of rotatable bonds is 14. The summed E-state index contributed by atoms with van der Waals surface area (Å²) in [6.45, 7) is 0. The van der Waals surface area contributed by atoms with E-state index in [2.05, 4.69) is 48.5 Å². The summed E-state index contributed by atoms with van der Waals surface area (Å²) in [4.78, 5) is 0. The molecule has 6 nitrogen and oxygen atoms in total. The number of hydrogen-bond acceptors (Lipinski definition) is 6. The summed E-state index contributed by atoms with van der Waals surface area (Å²) in [5, 5.41) is 5.12. The van der Waals surface area contributed by atoms with Crippen molar-refractivity contribution in [2.75, 3.05) is 23.8 Å². The number of benzene rings is 4. The standard InChI is InChI=1S/2C16H19O3PS.2ClH.2K.Pd/c2*17-21(18,19)14-8-7-13-20(15-9-3-1-4-10-15)16-11-5-2-6-12-16;;;;;/h2*1-6,9-12H,7-8,13-14H2,(H,17,18,19);2*1H;;;/q;;;;2*+1;+2/p-4. The molecule has 0 aliphatic carbocycles. The third kappa shape index (κ3) is 23.4. The van der Waals surface area contributed by atoms with Crippen LogP contribution in [0, 0.1) is 0 Å². The van der Waals surface area contributed by atoms with Crippen LogP contribution >= 0.6 is 34.9 Å². The second-order valence-corrected chi connectivity index (χ2v) is 19.7. The molecule has 0 aliphatic heterocycles. The van der Waals surface area contributed by atoms with Gasteiger partial charge >= 0.3 is 138 Å². The van der Waals surface area contributed by atoms with Gasteiger partial charge in [-0.1, -0.05) is 121 Å². The van der Waals surface area contributed by atoms with Gasteiger partial charge in [0.25, 0.3) is 0 Å². The number of unbranched alkanes of at least 4 members (excludes halogenated alkanes) is 2. The zero-order valence-corrected chi connectivity index (χ0v) is 39.2. The molecule has 248 valence electrons. The van der Waals surface area contributed by atoms with Crippen molar-refractivity contribution < 1.29 is 145 Å². The molecule has 0 aliphatic rings. The van der Waals surface area contributed by atoms with Crippen molar-refractivity contribution in [1.82, 2.24) is 0 Å². The van der Waals surface area contributed by atoms with Crippen LogP contribution in [0.1, 0.15) is 25.7 Å². The fourth-order valence-corrected chi connectivity index (χ4v) is 10.3. The second-order valence-electron chi connectivity index (χ2n) is 9.63. The van der Waals surface area contributed by atoms with Gasteiger partial charge in [0.05, 0.1) is 20.2 Å². The number of halogens is 2. The summed E-state index contributed by atoms with van der Waals surface area (Å²) in [5.41, 5.74) is 0. The minimum Gasteiger partial charge on any atom is 1.00 e. The van der Waals surface area contributed by atoms with E-state index in [1.54, 1.807) is 0 Å². The van der Waals surface area contributed by atoms with Crippen LogP contribution in [0.15, 0.2) is 121 Å². The van der Waals surface area contributed by atoms with Gasteiger partial charge in [0, 0.05) is 11.5 Å². The molecule has 4 rings (SSSR count). The van der Waals surface area contributed by atoms with Crippen molar-refractivity contribution in [3.05, 3.63) is 121 Å². The fraction of sp³-hybridized carbons (Fsp3) is 0.250. The maximum atomic E-state index is 10.7. The molecular formula is C32H36Cl2K2O6P2PdS2. The zero-order valence-electron chi connectivity index (χ0n) is 26.4. The normalized spacial score (nSPS) is 10.9. The van der Waals surface area contributed by atoms with E-state index in [0.717, 1.165) is 25.2 Å². The van der Waals surface area contributed by atoms with Gasteiger partial charge in [-0.2, -0.15) is 0 Å². The van der Waals surface area contributed by atoms with Gasteiger partial charge in [-0.15, -0.1) is 0 Å². The summed E-state index contributed by atoms with van der Waals surface area (Å²) in [7, 11) is 0.449. The summed E-state index contributed by atoms with van der Waals surface area (Å²) < 4.78 is 64.0. The molecular weight excluding hydrogens is 862 g/mol. The minimum absolute atomic E-state index is 0. The molecule has 4 aromatic rings. The van der Waals surface area contributed by atoms with Gasteiger partial charge < -0.3 is 9.11 Å². The van der Waals surface area contributed by atoms with Gasteiger partial charge in [0.2, 0.25) is 0 Å². The summed E-state index contributed by atoms with van der Waals surface area (Å²) in [6.07, 6.45) is 4.17. The van der Waals surface area contributed by atoms with Crippen LogP contribution in [-0.2, 0) is 36.2 Å². The van der Waals surface area contributed by atoms with Crippen molar-refractivity contribution >= 4 is 76.4 Å². The molecule has 0 saturated carbocycles. The van der Waals surface area contributed by atoms with Crippen molar-refractivity contribution in [3.8, 4) is 0 Å². The molecule has 4 aromatic carbocycles. The Bertz CT molecular complexity index is 1370. The minimum atomic E-state index is -4.09. The molecule has 0 bridgehead atoms. The Hall–Kier alpha value is 2.08. The molecule has 0 saturated heterocycles. The van der Waals surface area contributed by atoms with Gasteiger partial charge in [-0.25, -0.2) is 16.8 Å². The summed E-state index contributed by atoms with van der Waals surface area (Å²) in [5.74, 6) is -0.528. The SMILES string of the molecule is O=S(=O)([O-])CCCCP(c1ccccc1)c1ccccc1.O=S(=O)([O-])CCCCP(c1ccccc1)c1ccccc1.[Cl][Pd][Cl].[K+].[K+]. The van der Waals surface area contributed by atoms with Gasteiger partial charge in [-0.05, 0) is 75.1 Å². The molecule has 0 N–H and O–H groups in total. The first kappa shape index (κ1) is 49.1. The molecule has 0 spiro atoms. The average Bonchev–Trinajstić information content (AvgIpc) is 3.02. The zero-order chi connectivity index (χ0) is 33.0. The quantitative estimate of drug-likeness (QED) is 0.0779. The van der Waals surface area contributed by atoms with Crippen molar-refractivity contribution in [1.29, 1.82) is 0 Å². The first-order chi connectivity index (χ1) is 21.5. The predicted molar refractivity (Wildman–Crippen MR) is 187 cm³/mol. The maximum absolute atomic E-state index is 10.7. The van der Waals surface area contributed by atoms with Crippen LogP contribution in [0.2, 0.25) is 0 Å². The summed E-state index contributed by atoms with van der Waals surface area (Å²) >= 11 is -0.106. The topological polar surface area (TPSA) is 114 Å². The van der Waals surface area contributed by atoms with Crippen LogP contribution in [0.4, 0.5) is 0 Å². The van der Waals surface area contributed by atoms with Crippen LogP contribution in [0.5, 0.6) is 0 Å². The van der Waals surface area contributed by atoms with Crippen molar-refractivity contribution in [2.24, 2.45) is 0 Å². The third-order valence-electron chi connectivity index (χ3n) is 6.32. The van der Waals surface area contributed by atoms with Crippen LogP contribution in [0.3, 0.4) is 0 Å². The van der Waals surface area contributed by atoms with Gasteiger partial charge in [0.15, 0.2) is 0 Å². The molecule has 15 heteroatoms. The molecule has 0 atom stereocenters. The van der Waals surface area contributed by atoms with E-state index in [4.69, 9.17) is 19.1 Å². The molecule has 47 heavy (non-hydrogen) atoms. The molecule has 0 unspecified atom stereocenters. The number of hydrogen-bond donors (Lipinski definition) is 0. The predicted octanol–water partition coefficient (Wildman–Crippen LogP) is 0.274. The monoisotopic (exact) mass is 896 g/mol. The molecule has 0 fully saturated rings. The first-order valence-electron chi connectivity index (χ1n) is 14.0. The largest absolute Gasteiger partial charge is 1.00 e. The van der Waals surface area contributed by atoms with Crippen molar-refractivity contribution in [2.45, 2.75) is 25.7 Å². The van der Waals surface area contributed by atoms with Crippen LogP contribution in [0.25, 0.3) is 0 Å². The molecule has 0 amide bonds. The Morgan fingerprint density at radius 3 is 0.872 bits per heavy atom. The van der Waals surface area contributed by atoms with Crippen LogP contribution in [-0.4, -0.2) is 49.8 Å². The average molecular weight is 898 g/mol. The Kier molecular flexibility index (Phi) is 29.8. The van der Waals surface area contributed by atoms with E-state index >= 15 is 0 Å². The van der Waals surface area contributed by atoms with E-state index in [-0.39, 0.29) is 130 Å².